The molecule has 0 radical (unpaired) electrons. The summed E-state index contributed by atoms with van der Waals surface area (Å²) < 4.78 is 0. The highest BCUT2D eigenvalue weighted by atomic mass is 16.2. The van der Waals surface area contributed by atoms with Crippen molar-refractivity contribution in [1.29, 1.82) is 0 Å². The maximum absolute atomic E-state index is 12.2. The van der Waals surface area contributed by atoms with Crippen LogP contribution in [0.25, 0.3) is 11.3 Å². The summed E-state index contributed by atoms with van der Waals surface area (Å²) in [5.41, 5.74) is 4.01. The Morgan fingerprint density at radius 1 is 1.33 bits per heavy atom. The summed E-state index contributed by atoms with van der Waals surface area (Å²) in [7, 11) is 0. The molecule has 0 spiro atoms. The highest BCUT2D eigenvalue weighted by Crippen LogP contribution is 2.41. The number of aromatic nitrogens is 1. The Hall–Kier alpha value is -2.16. The average Bonchev–Trinajstić information content (AvgIpc) is 3.30. The molecular formula is C18H20N2O. The fourth-order valence-electron chi connectivity index (χ4n) is 2.75. The zero-order valence-corrected chi connectivity index (χ0v) is 12.5. The first-order valence-electron chi connectivity index (χ1n) is 7.52. The third-order valence-electron chi connectivity index (χ3n) is 4.23. The van der Waals surface area contributed by atoms with Crippen molar-refractivity contribution < 1.29 is 4.79 Å². The maximum atomic E-state index is 12.2. The number of hydrogen-bond donors (Lipinski definition) is 1. The number of rotatable bonds is 4. The van der Waals surface area contributed by atoms with E-state index in [0.717, 1.165) is 35.3 Å². The molecule has 1 amide bonds. The molecule has 2 aromatic rings. The van der Waals surface area contributed by atoms with E-state index >= 15 is 0 Å². The Balaban J connectivity index is 1.80. The van der Waals surface area contributed by atoms with Gasteiger partial charge in [0.05, 0.1) is 5.69 Å². The zero-order chi connectivity index (χ0) is 14.8. The maximum Gasteiger partial charge on any atom is 0.227 e. The second-order valence-corrected chi connectivity index (χ2v) is 5.74. The third-order valence-corrected chi connectivity index (χ3v) is 4.23. The quantitative estimate of drug-likeness (QED) is 0.918. The van der Waals surface area contributed by atoms with Crippen molar-refractivity contribution in [2.45, 2.75) is 26.7 Å². The van der Waals surface area contributed by atoms with Gasteiger partial charge in [0, 0.05) is 23.4 Å². The van der Waals surface area contributed by atoms with Crippen LogP contribution in [0.5, 0.6) is 0 Å². The van der Waals surface area contributed by atoms with Gasteiger partial charge in [-0.1, -0.05) is 25.5 Å². The van der Waals surface area contributed by atoms with Crippen LogP contribution in [0, 0.1) is 18.8 Å². The van der Waals surface area contributed by atoms with E-state index in [9.17, 15) is 4.79 Å². The number of aryl methyl sites for hydroxylation is 1. The van der Waals surface area contributed by atoms with Crippen LogP contribution in [0.3, 0.4) is 0 Å². The molecule has 1 aromatic carbocycles. The molecule has 21 heavy (non-hydrogen) atoms. The second kappa shape index (κ2) is 5.68. The van der Waals surface area contributed by atoms with Gasteiger partial charge in [-0.15, -0.1) is 0 Å². The minimum Gasteiger partial charge on any atom is -0.326 e. The summed E-state index contributed by atoms with van der Waals surface area (Å²) in [5, 5.41) is 3.04. The number of carbonyl (C=O) groups is 1. The highest BCUT2D eigenvalue weighted by Gasteiger charge is 2.41. The topological polar surface area (TPSA) is 42.0 Å². The Bertz CT molecular complexity index is 652. The van der Waals surface area contributed by atoms with E-state index in [-0.39, 0.29) is 11.8 Å². The van der Waals surface area contributed by atoms with Gasteiger partial charge in [-0.25, -0.2) is 0 Å². The molecule has 1 N–H and O–H groups in total. The van der Waals surface area contributed by atoms with Crippen molar-refractivity contribution in [3.63, 3.8) is 0 Å². The number of amides is 1. The third kappa shape index (κ3) is 2.97. The van der Waals surface area contributed by atoms with Crippen LogP contribution in [0.15, 0.2) is 42.6 Å². The van der Waals surface area contributed by atoms with Crippen LogP contribution in [0.2, 0.25) is 0 Å². The van der Waals surface area contributed by atoms with Gasteiger partial charge in [0.25, 0.3) is 0 Å². The average molecular weight is 280 g/mol. The van der Waals surface area contributed by atoms with Crippen molar-refractivity contribution in [3.8, 4) is 11.3 Å². The SMILES string of the molecule is CCC1C[C@H]1C(=O)Nc1ccc(C)c(-c2ccccn2)c1. The predicted octanol–water partition coefficient (Wildman–Crippen LogP) is 4.04. The summed E-state index contributed by atoms with van der Waals surface area (Å²) >= 11 is 0. The van der Waals surface area contributed by atoms with Gasteiger partial charge in [0.15, 0.2) is 0 Å². The van der Waals surface area contributed by atoms with E-state index in [1.54, 1.807) is 6.20 Å². The van der Waals surface area contributed by atoms with Crippen molar-refractivity contribution in [1.82, 2.24) is 4.98 Å². The lowest BCUT2D eigenvalue weighted by atomic mass is 10.0. The number of nitrogens with one attached hydrogen (secondary N) is 1. The molecule has 2 atom stereocenters. The minimum atomic E-state index is 0.151. The number of anilines is 1. The molecule has 1 aliphatic rings. The Labute approximate surface area is 125 Å². The highest BCUT2D eigenvalue weighted by molar-refractivity contribution is 5.95. The molecule has 3 heteroatoms. The Morgan fingerprint density at radius 3 is 2.86 bits per heavy atom. The Morgan fingerprint density at radius 2 is 2.19 bits per heavy atom. The molecule has 3 rings (SSSR count). The summed E-state index contributed by atoms with van der Waals surface area (Å²) in [4.78, 5) is 16.5. The molecule has 0 aliphatic heterocycles. The summed E-state index contributed by atoms with van der Waals surface area (Å²) in [6, 6.07) is 11.9. The van der Waals surface area contributed by atoms with Crippen LogP contribution in [-0.4, -0.2) is 10.9 Å². The van der Waals surface area contributed by atoms with Gasteiger partial charge in [0.1, 0.15) is 0 Å². The molecule has 1 aliphatic carbocycles. The van der Waals surface area contributed by atoms with Crippen LogP contribution in [0.4, 0.5) is 5.69 Å². The largest absolute Gasteiger partial charge is 0.326 e. The predicted molar refractivity (Wildman–Crippen MR) is 84.9 cm³/mol. The Kier molecular flexibility index (Phi) is 3.74. The molecule has 1 aromatic heterocycles. The molecule has 1 unspecified atom stereocenters. The number of pyridine rings is 1. The monoisotopic (exact) mass is 280 g/mol. The molecule has 1 heterocycles. The van der Waals surface area contributed by atoms with Crippen LogP contribution in [0.1, 0.15) is 25.3 Å². The molecule has 1 fully saturated rings. The molecule has 0 saturated heterocycles. The lowest BCUT2D eigenvalue weighted by molar-refractivity contribution is -0.117. The van der Waals surface area contributed by atoms with E-state index in [0.29, 0.717) is 5.92 Å². The second-order valence-electron chi connectivity index (χ2n) is 5.74. The molecule has 1 saturated carbocycles. The van der Waals surface area contributed by atoms with E-state index in [1.807, 2.05) is 36.4 Å². The van der Waals surface area contributed by atoms with Crippen molar-refractivity contribution in [2.24, 2.45) is 11.8 Å². The number of benzene rings is 1. The normalized spacial score (nSPS) is 20.1. The van der Waals surface area contributed by atoms with Gasteiger partial charge < -0.3 is 5.32 Å². The summed E-state index contributed by atoms with van der Waals surface area (Å²) in [6.07, 6.45) is 3.91. The minimum absolute atomic E-state index is 0.151. The molecule has 3 nitrogen and oxygen atoms in total. The van der Waals surface area contributed by atoms with Crippen LogP contribution < -0.4 is 5.32 Å². The van der Waals surface area contributed by atoms with Gasteiger partial charge in [0.2, 0.25) is 5.91 Å². The van der Waals surface area contributed by atoms with Gasteiger partial charge in [-0.2, -0.15) is 0 Å². The van der Waals surface area contributed by atoms with Crippen molar-refractivity contribution in [3.05, 3.63) is 48.2 Å². The van der Waals surface area contributed by atoms with E-state index in [4.69, 9.17) is 0 Å². The van der Waals surface area contributed by atoms with Gasteiger partial charge in [-0.05, 0) is 49.1 Å². The standard InChI is InChI=1S/C18H20N2O/c1-3-13-10-16(13)18(21)20-14-8-7-12(2)15(11-14)17-6-4-5-9-19-17/h4-9,11,13,16H,3,10H2,1-2H3,(H,20,21)/t13?,16-/m1/s1. The van der Waals surface area contributed by atoms with Crippen LogP contribution in [-0.2, 0) is 4.79 Å². The first-order chi connectivity index (χ1) is 10.2. The molecule has 108 valence electrons. The summed E-state index contributed by atoms with van der Waals surface area (Å²) in [5.74, 6) is 0.929. The van der Waals surface area contributed by atoms with E-state index < -0.39 is 0 Å². The molecular weight excluding hydrogens is 260 g/mol. The molecule has 0 bridgehead atoms. The van der Waals surface area contributed by atoms with Crippen LogP contribution >= 0.6 is 0 Å². The number of nitrogens with zero attached hydrogens (tertiary/aromatic N) is 1. The fraction of sp³-hybridized carbons (Fsp3) is 0.333. The first-order valence-corrected chi connectivity index (χ1v) is 7.52. The van der Waals surface area contributed by atoms with Crippen molar-refractivity contribution >= 4 is 11.6 Å². The van der Waals surface area contributed by atoms with Gasteiger partial charge >= 0.3 is 0 Å². The summed E-state index contributed by atoms with van der Waals surface area (Å²) in [6.45, 7) is 4.20. The first kappa shape index (κ1) is 13.8. The van der Waals surface area contributed by atoms with E-state index in [2.05, 4.69) is 24.1 Å². The number of carbonyl (C=O) groups excluding carboxylic acids is 1. The lowest BCUT2D eigenvalue weighted by Gasteiger charge is -2.10. The lowest BCUT2D eigenvalue weighted by Crippen LogP contribution is -2.14. The number of hydrogen-bond acceptors (Lipinski definition) is 2. The van der Waals surface area contributed by atoms with E-state index in [1.165, 1.54) is 0 Å². The zero-order valence-electron chi connectivity index (χ0n) is 12.5. The van der Waals surface area contributed by atoms with Gasteiger partial charge in [-0.3, -0.25) is 9.78 Å². The fourth-order valence-corrected chi connectivity index (χ4v) is 2.75. The smallest absolute Gasteiger partial charge is 0.227 e. The van der Waals surface area contributed by atoms with Crippen molar-refractivity contribution in [2.75, 3.05) is 5.32 Å².